The largest absolute Gasteiger partial charge is 0.325 e. The van der Waals surface area contributed by atoms with Gasteiger partial charge in [-0.3, -0.25) is 20.4 Å². The van der Waals surface area contributed by atoms with Crippen LogP contribution in [0.1, 0.15) is 18.1 Å². The molecule has 1 fully saturated rings. The first-order chi connectivity index (χ1) is 11.7. The van der Waals surface area contributed by atoms with E-state index in [1.54, 1.807) is 13.0 Å². The molecule has 8 nitrogen and oxygen atoms in total. The maximum Gasteiger partial charge on any atom is 0.293 e. The Hall–Kier alpha value is -1.97. The average Bonchev–Trinajstić information content (AvgIpc) is 2.55. The van der Waals surface area contributed by atoms with Gasteiger partial charge in [0.1, 0.15) is 0 Å². The number of sulfonamides is 1. The summed E-state index contributed by atoms with van der Waals surface area (Å²) in [6.07, 6.45) is 0. The second kappa shape index (κ2) is 7.94. The molecule has 0 atom stereocenters. The number of hydrazine groups is 1. The molecule has 1 aromatic carbocycles. The molecule has 2 amide bonds. The van der Waals surface area contributed by atoms with Crippen molar-refractivity contribution >= 4 is 21.8 Å². The molecule has 0 unspecified atom stereocenters. The highest BCUT2D eigenvalue weighted by molar-refractivity contribution is 7.89. The van der Waals surface area contributed by atoms with Crippen LogP contribution in [0.2, 0.25) is 0 Å². The van der Waals surface area contributed by atoms with Crippen molar-refractivity contribution in [2.45, 2.75) is 25.7 Å². The van der Waals surface area contributed by atoms with Crippen LogP contribution >= 0.6 is 0 Å². The first kappa shape index (κ1) is 19.4. The molecule has 0 aromatic heterocycles. The van der Waals surface area contributed by atoms with Gasteiger partial charge < -0.3 is 4.90 Å². The van der Waals surface area contributed by atoms with Gasteiger partial charge in [-0.25, -0.2) is 8.42 Å². The van der Waals surface area contributed by atoms with Crippen molar-refractivity contribution in [3.8, 4) is 0 Å². The number of quaternary nitrogens is 1. The van der Waals surface area contributed by atoms with E-state index in [-0.39, 0.29) is 18.4 Å². The third kappa shape index (κ3) is 5.00. The average molecular weight is 369 g/mol. The SMILES string of the molecule is CC(=O)NNC(=O)C[NH+]1CCN(S(=O)(=O)c2cc(C)ccc2C)CC1. The summed E-state index contributed by atoms with van der Waals surface area (Å²) in [5, 5.41) is 0. The fourth-order valence-corrected chi connectivity index (χ4v) is 4.52. The summed E-state index contributed by atoms with van der Waals surface area (Å²) >= 11 is 0. The van der Waals surface area contributed by atoms with Crippen molar-refractivity contribution < 1.29 is 22.9 Å². The van der Waals surface area contributed by atoms with E-state index < -0.39 is 10.0 Å². The Kier molecular flexibility index (Phi) is 6.15. The molecule has 3 N–H and O–H groups in total. The van der Waals surface area contributed by atoms with Crippen LogP contribution in [-0.4, -0.2) is 57.3 Å². The van der Waals surface area contributed by atoms with E-state index in [1.165, 1.54) is 11.2 Å². The van der Waals surface area contributed by atoms with E-state index in [4.69, 9.17) is 0 Å². The summed E-state index contributed by atoms with van der Waals surface area (Å²) in [4.78, 5) is 23.8. The van der Waals surface area contributed by atoms with E-state index in [2.05, 4.69) is 10.9 Å². The fraction of sp³-hybridized carbons (Fsp3) is 0.500. The molecule has 0 aliphatic carbocycles. The number of benzene rings is 1. The zero-order valence-corrected chi connectivity index (χ0v) is 15.6. The molecular formula is C16H25N4O4S+. The van der Waals surface area contributed by atoms with Gasteiger partial charge in [0.15, 0.2) is 6.54 Å². The van der Waals surface area contributed by atoms with Crippen molar-refractivity contribution in [3.63, 3.8) is 0 Å². The molecule has 1 aromatic rings. The lowest BCUT2D eigenvalue weighted by Crippen LogP contribution is -3.16. The number of carbonyl (C=O) groups is 2. The summed E-state index contributed by atoms with van der Waals surface area (Å²) in [7, 11) is -3.53. The van der Waals surface area contributed by atoms with Crippen LogP contribution in [0.4, 0.5) is 0 Å². The minimum absolute atomic E-state index is 0.192. The Labute approximate surface area is 148 Å². The highest BCUT2D eigenvalue weighted by Gasteiger charge is 2.32. The minimum atomic E-state index is -3.53. The maximum absolute atomic E-state index is 12.9. The normalized spacial score (nSPS) is 16.4. The van der Waals surface area contributed by atoms with Gasteiger partial charge in [-0.2, -0.15) is 4.31 Å². The van der Waals surface area contributed by atoms with E-state index in [0.717, 1.165) is 16.0 Å². The van der Waals surface area contributed by atoms with Crippen LogP contribution in [-0.2, 0) is 19.6 Å². The molecule has 0 radical (unpaired) electrons. The third-order valence-electron chi connectivity index (χ3n) is 4.18. The standard InChI is InChI=1S/C16H24N4O4S/c1-12-4-5-13(2)15(10-12)25(23,24)20-8-6-19(7-9-20)11-16(22)18-17-14(3)21/h4-5,10H,6-9,11H2,1-3H3,(H,17,21)(H,18,22)/p+1. The number of piperazine rings is 1. The van der Waals surface area contributed by atoms with Crippen molar-refractivity contribution in [3.05, 3.63) is 29.3 Å². The Morgan fingerprint density at radius 3 is 2.40 bits per heavy atom. The summed E-state index contributed by atoms with van der Waals surface area (Å²) < 4.78 is 27.2. The van der Waals surface area contributed by atoms with Crippen LogP contribution in [0, 0.1) is 13.8 Å². The van der Waals surface area contributed by atoms with Crippen LogP contribution < -0.4 is 15.8 Å². The molecule has 1 saturated heterocycles. The first-order valence-corrected chi connectivity index (χ1v) is 9.60. The molecule has 0 saturated carbocycles. The number of nitrogens with one attached hydrogen (secondary N) is 3. The Morgan fingerprint density at radius 1 is 1.16 bits per heavy atom. The summed E-state index contributed by atoms with van der Waals surface area (Å²) in [6.45, 7) is 6.96. The monoisotopic (exact) mass is 369 g/mol. The minimum Gasteiger partial charge on any atom is -0.325 e. The van der Waals surface area contributed by atoms with Gasteiger partial charge in [0.2, 0.25) is 15.9 Å². The summed E-state index contributed by atoms with van der Waals surface area (Å²) in [5.41, 5.74) is 6.20. The molecule has 1 aliphatic heterocycles. The number of hydrogen-bond acceptors (Lipinski definition) is 4. The van der Waals surface area contributed by atoms with Crippen LogP contribution in [0.5, 0.6) is 0 Å². The van der Waals surface area contributed by atoms with E-state index in [1.807, 2.05) is 19.1 Å². The lowest BCUT2D eigenvalue weighted by molar-refractivity contribution is -0.895. The smallest absolute Gasteiger partial charge is 0.293 e. The number of aryl methyl sites for hydroxylation is 2. The van der Waals surface area contributed by atoms with Gasteiger partial charge in [0, 0.05) is 6.92 Å². The molecule has 0 bridgehead atoms. The van der Waals surface area contributed by atoms with Crippen molar-refractivity contribution in [1.29, 1.82) is 0 Å². The number of nitrogens with zero attached hydrogens (tertiary/aromatic N) is 1. The van der Waals surface area contributed by atoms with Gasteiger partial charge in [-0.05, 0) is 31.0 Å². The highest BCUT2D eigenvalue weighted by atomic mass is 32.2. The Balaban J connectivity index is 1.96. The quantitative estimate of drug-likeness (QED) is 0.554. The molecule has 25 heavy (non-hydrogen) atoms. The predicted octanol–water partition coefficient (Wildman–Crippen LogP) is -1.64. The Morgan fingerprint density at radius 2 is 1.80 bits per heavy atom. The van der Waals surface area contributed by atoms with Gasteiger partial charge >= 0.3 is 0 Å². The van der Waals surface area contributed by atoms with Crippen LogP contribution in [0.25, 0.3) is 0 Å². The summed E-state index contributed by atoms with van der Waals surface area (Å²) in [5.74, 6) is -0.635. The number of amides is 2. The summed E-state index contributed by atoms with van der Waals surface area (Å²) in [6, 6.07) is 5.41. The number of rotatable bonds is 4. The van der Waals surface area contributed by atoms with Gasteiger partial charge in [0.25, 0.3) is 5.91 Å². The van der Waals surface area contributed by atoms with Gasteiger partial charge in [-0.15, -0.1) is 0 Å². The third-order valence-corrected chi connectivity index (χ3v) is 6.22. The lowest BCUT2D eigenvalue weighted by Gasteiger charge is -2.31. The predicted molar refractivity (Wildman–Crippen MR) is 92.2 cm³/mol. The van der Waals surface area contributed by atoms with E-state index in [9.17, 15) is 18.0 Å². The second-order valence-electron chi connectivity index (χ2n) is 6.33. The molecule has 2 rings (SSSR count). The van der Waals surface area contributed by atoms with Crippen molar-refractivity contribution in [1.82, 2.24) is 15.2 Å². The molecule has 138 valence electrons. The number of carbonyl (C=O) groups excluding carboxylic acids is 2. The fourth-order valence-electron chi connectivity index (χ4n) is 2.77. The molecule has 1 heterocycles. The van der Waals surface area contributed by atoms with Crippen molar-refractivity contribution in [2.24, 2.45) is 0 Å². The lowest BCUT2D eigenvalue weighted by atomic mass is 10.2. The second-order valence-corrected chi connectivity index (χ2v) is 8.24. The van der Waals surface area contributed by atoms with Gasteiger partial charge in [-0.1, -0.05) is 12.1 Å². The zero-order chi connectivity index (χ0) is 18.6. The number of hydrogen-bond donors (Lipinski definition) is 3. The maximum atomic E-state index is 12.9. The topological polar surface area (TPSA) is 100 Å². The van der Waals surface area contributed by atoms with Crippen LogP contribution in [0.3, 0.4) is 0 Å². The van der Waals surface area contributed by atoms with Crippen LogP contribution in [0.15, 0.2) is 23.1 Å². The first-order valence-electron chi connectivity index (χ1n) is 8.16. The van der Waals surface area contributed by atoms with Crippen molar-refractivity contribution in [2.75, 3.05) is 32.7 Å². The highest BCUT2D eigenvalue weighted by Crippen LogP contribution is 2.21. The molecule has 9 heteroatoms. The zero-order valence-electron chi connectivity index (χ0n) is 14.8. The molecule has 0 spiro atoms. The Bertz CT molecular complexity index is 755. The molecular weight excluding hydrogens is 344 g/mol. The van der Waals surface area contributed by atoms with Gasteiger partial charge in [0.05, 0.1) is 31.1 Å². The molecule has 1 aliphatic rings. The van der Waals surface area contributed by atoms with E-state index in [0.29, 0.717) is 31.1 Å². The van der Waals surface area contributed by atoms with E-state index >= 15 is 0 Å².